The van der Waals surface area contributed by atoms with Crippen LogP contribution < -0.4 is 0 Å². The van der Waals surface area contributed by atoms with Gasteiger partial charge in [0.1, 0.15) is 0 Å². The number of halogens is 1. The topological polar surface area (TPSA) is 0 Å². The molecule has 2 heteroatoms. The largest absolute Gasteiger partial charge is 0.152 e. The summed E-state index contributed by atoms with van der Waals surface area (Å²) in [6.45, 7) is 4.28. The molecule has 0 radical (unpaired) electrons. The Bertz CT molecular complexity index is 204. The molecule has 0 aliphatic carbocycles. The SMILES string of the molecule is CC(Cl)C(C)CCc1ccsc1. The van der Waals surface area contributed by atoms with E-state index in [0.717, 1.165) is 0 Å². The lowest BCUT2D eigenvalue weighted by atomic mass is 10.0. The first kappa shape index (κ1) is 10.1. The third kappa shape index (κ3) is 3.16. The van der Waals surface area contributed by atoms with E-state index in [0.29, 0.717) is 11.3 Å². The number of hydrogen-bond donors (Lipinski definition) is 0. The van der Waals surface area contributed by atoms with Crippen LogP contribution >= 0.6 is 22.9 Å². The summed E-state index contributed by atoms with van der Waals surface area (Å²) in [7, 11) is 0. The quantitative estimate of drug-likeness (QED) is 0.649. The molecule has 0 aliphatic heterocycles. The van der Waals surface area contributed by atoms with Crippen molar-refractivity contribution in [1.29, 1.82) is 0 Å². The second-order valence-electron chi connectivity index (χ2n) is 3.33. The van der Waals surface area contributed by atoms with E-state index in [4.69, 9.17) is 11.6 Å². The number of alkyl halides is 1. The number of rotatable bonds is 4. The maximum absolute atomic E-state index is 5.97. The van der Waals surface area contributed by atoms with Crippen LogP contribution in [0.1, 0.15) is 25.8 Å². The maximum Gasteiger partial charge on any atom is 0.0333 e. The molecule has 0 aromatic carbocycles. The van der Waals surface area contributed by atoms with Crippen LogP contribution in [0.4, 0.5) is 0 Å². The first-order valence-corrected chi connectivity index (χ1v) is 5.73. The lowest BCUT2D eigenvalue weighted by Gasteiger charge is -2.12. The number of thiophene rings is 1. The molecule has 0 bridgehead atoms. The van der Waals surface area contributed by atoms with Crippen molar-refractivity contribution in [3.63, 3.8) is 0 Å². The van der Waals surface area contributed by atoms with Gasteiger partial charge >= 0.3 is 0 Å². The van der Waals surface area contributed by atoms with Gasteiger partial charge in [0.05, 0.1) is 0 Å². The normalized spacial score (nSPS) is 15.9. The van der Waals surface area contributed by atoms with Gasteiger partial charge in [0.2, 0.25) is 0 Å². The van der Waals surface area contributed by atoms with Crippen LogP contribution in [0.5, 0.6) is 0 Å². The molecular weight excluding hydrogens is 188 g/mol. The fourth-order valence-corrected chi connectivity index (χ4v) is 1.89. The Hall–Kier alpha value is -0.0100. The zero-order valence-corrected chi connectivity index (χ0v) is 9.16. The first-order chi connectivity index (χ1) is 5.70. The molecule has 0 amide bonds. The van der Waals surface area contributed by atoms with Gasteiger partial charge in [0, 0.05) is 5.38 Å². The Balaban J connectivity index is 2.27. The molecule has 0 spiro atoms. The zero-order valence-electron chi connectivity index (χ0n) is 7.59. The molecule has 1 heterocycles. The highest BCUT2D eigenvalue weighted by Gasteiger charge is 2.08. The summed E-state index contributed by atoms with van der Waals surface area (Å²) in [4.78, 5) is 0. The molecule has 0 fully saturated rings. The summed E-state index contributed by atoms with van der Waals surface area (Å²) in [5, 5.41) is 4.64. The summed E-state index contributed by atoms with van der Waals surface area (Å²) in [6.07, 6.45) is 2.36. The fraction of sp³-hybridized carbons (Fsp3) is 0.600. The molecule has 0 saturated carbocycles. The van der Waals surface area contributed by atoms with Crippen molar-refractivity contribution in [3.05, 3.63) is 22.4 Å². The van der Waals surface area contributed by atoms with Crippen molar-refractivity contribution >= 4 is 22.9 Å². The van der Waals surface area contributed by atoms with E-state index in [-0.39, 0.29) is 0 Å². The average molecular weight is 203 g/mol. The molecule has 1 rings (SSSR count). The highest BCUT2D eigenvalue weighted by Crippen LogP contribution is 2.17. The highest BCUT2D eigenvalue weighted by molar-refractivity contribution is 7.07. The lowest BCUT2D eigenvalue weighted by Crippen LogP contribution is -2.07. The standard InChI is InChI=1S/C10H15ClS/c1-8(9(2)11)3-4-10-5-6-12-7-10/h5-9H,3-4H2,1-2H3. The van der Waals surface area contributed by atoms with Crippen LogP contribution in [0.25, 0.3) is 0 Å². The Morgan fingerprint density at radius 1 is 1.50 bits per heavy atom. The molecular formula is C10H15ClS. The van der Waals surface area contributed by atoms with Gasteiger partial charge in [-0.3, -0.25) is 0 Å². The Kier molecular flexibility index (Phi) is 4.10. The van der Waals surface area contributed by atoms with E-state index in [1.807, 2.05) is 0 Å². The van der Waals surface area contributed by atoms with Crippen molar-refractivity contribution in [2.75, 3.05) is 0 Å². The molecule has 1 aromatic rings. The minimum atomic E-state index is 0.295. The van der Waals surface area contributed by atoms with Gasteiger partial charge in [-0.2, -0.15) is 11.3 Å². The lowest BCUT2D eigenvalue weighted by molar-refractivity contribution is 0.524. The average Bonchev–Trinajstić information content (AvgIpc) is 2.51. The van der Waals surface area contributed by atoms with Crippen LogP contribution in [-0.4, -0.2) is 5.38 Å². The Morgan fingerprint density at radius 2 is 2.25 bits per heavy atom. The van der Waals surface area contributed by atoms with Gasteiger partial charge in [-0.15, -0.1) is 11.6 Å². The number of hydrogen-bond acceptors (Lipinski definition) is 1. The van der Waals surface area contributed by atoms with Gasteiger partial charge in [-0.05, 0) is 48.1 Å². The van der Waals surface area contributed by atoms with Crippen LogP contribution in [0.15, 0.2) is 16.8 Å². The van der Waals surface area contributed by atoms with E-state index in [2.05, 4.69) is 30.7 Å². The van der Waals surface area contributed by atoms with Crippen LogP contribution in [0, 0.1) is 5.92 Å². The van der Waals surface area contributed by atoms with E-state index < -0.39 is 0 Å². The van der Waals surface area contributed by atoms with Crippen LogP contribution in [0.3, 0.4) is 0 Å². The Morgan fingerprint density at radius 3 is 2.75 bits per heavy atom. The minimum absolute atomic E-state index is 0.295. The summed E-state index contributed by atoms with van der Waals surface area (Å²) >= 11 is 7.74. The van der Waals surface area contributed by atoms with E-state index in [9.17, 15) is 0 Å². The second-order valence-corrected chi connectivity index (χ2v) is 4.79. The van der Waals surface area contributed by atoms with Gasteiger partial charge < -0.3 is 0 Å². The maximum atomic E-state index is 5.97. The molecule has 2 atom stereocenters. The summed E-state index contributed by atoms with van der Waals surface area (Å²) in [5.41, 5.74) is 1.45. The first-order valence-electron chi connectivity index (χ1n) is 4.35. The van der Waals surface area contributed by atoms with Crippen molar-refractivity contribution in [2.45, 2.75) is 32.1 Å². The number of aryl methyl sites for hydroxylation is 1. The molecule has 0 saturated heterocycles. The van der Waals surface area contributed by atoms with Crippen molar-refractivity contribution in [1.82, 2.24) is 0 Å². The van der Waals surface area contributed by atoms with Crippen LogP contribution in [-0.2, 0) is 6.42 Å². The van der Waals surface area contributed by atoms with Crippen LogP contribution in [0.2, 0.25) is 0 Å². The fourth-order valence-electron chi connectivity index (χ4n) is 1.06. The molecule has 0 N–H and O–H groups in total. The third-order valence-corrected chi connectivity index (χ3v) is 3.41. The molecule has 12 heavy (non-hydrogen) atoms. The van der Waals surface area contributed by atoms with Gasteiger partial charge in [-0.25, -0.2) is 0 Å². The molecule has 68 valence electrons. The van der Waals surface area contributed by atoms with E-state index in [1.165, 1.54) is 18.4 Å². The summed E-state index contributed by atoms with van der Waals surface area (Å²) in [5.74, 6) is 0.617. The molecule has 1 aromatic heterocycles. The van der Waals surface area contributed by atoms with Gasteiger partial charge in [0.15, 0.2) is 0 Å². The smallest absolute Gasteiger partial charge is 0.0333 e. The summed E-state index contributed by atoms with van der Waals surface area (Å²) in [6, 6.07) is 2.19. The second kappa shape index (κ2) is 4.88. The van der Waals surface area contributed by atoms with E-state index >= 15 is 0 Å². The molecule has 0 aliphatic rings. The van der Waals surface area contributed by atoms with Gasteiger partial charge in [-0.1, -0.05) is 6.92 Å². The van der Waals surface area contributed by atoms with Crippen molar-refractivity contribution in [3.8, 4) is 0 Å². The predicted molar refractivity (Wildman–Crippen MR) is 57.1 cm³/mol. The predicted octanol–water partition coefficient (Wildman–Crippen LogP) is 3.94. The highest BCUT2D eigenvalue weighted by atomic mass is 35.5. The van der Waals surface area contributed by atoms with Crippen molar-refractivity contribution in [2.24, 2.45) is 5.92 Å². The summed E-state index contributed by atoms with van der Waals surface area (Å²) < 4.78 is 0. The third-order valence-electron chi connectivity index (χ3n) is 2.25. The van der Waals surface area contributed by atoms with E-state index in [1.54, 1.807) is 11.3 Å². The monoisotopic (exact) mass is 202 g/mol. The minimum Gasteiger partial charge on any atom is -0.152 e. The zero-order chi connectivity index (χ0) is 8.97. The van der Waals surface area contributed by atoms with Gasteiger partial charge in [0.25, 0.3) is 0 Å². The molecule has 2 unspecified atom stereocenters. The Labute approximate surface area is 83.6 Å². The van der Waals surface area contributed by atoms with Crippen molar-refractivity contribution < 1.29 is 0 Å². The molecule has 0 nitrogen and oxygen atoms in total.